The van der Waals surface area contributed by atoms with Crippen LogP contribution in [0.4, 0.5) is 13.2 Å². The molecule has 0 amide bonds. The summed E-state index contributed by atoms with van der Waals surface area (Å²) < 4.78 is 46.5. The first-order chi connectivity index (χ1) is 12.3. The van der Waals surface area contributed by atoms with Crippen LogP contribution in [0.2, 0.25) is 0 Å². The number of aryl methyl sites for hydroxylation is 1. The van der Waals surface area contributed by atoms with Crippen LogP contribution in [0.15, 0.2) is 48.5 Å². The Labute approximate surface area is 158 Å². The van der Waals surface area contributed by atoms with Crippen molar-refractivity contribution < 1.29 is 17.9 Å². The van der Waals surface area contributed by atoms with E-state index in [1.807, 2.05) is 60.0 Å². The number of alkyl halides is 4. The molecule has 26 heavy (non-hydrogen) atoms. The van der Waals surface area contributed by atoms with Crippen LogP contribution in [0, 0.1) is 6.92 Å². The van der Waals surface area contributed by atoms with Crippen LogP contribution < -0.4 is 0 Å². The fourth-order valence-electron chi connectivity index (χ4n) is 3.28. The van der Waals surface area contributed by atoms with Gasteiger partial charge in [0.15, 0.2) is 0 Å². The lowest BCUT2D eigenvalue weighted by Crippen LogP contribution is -2.11. The minimum Gasteiger partial charge on any atom is -0.364 e. The topological polar surface area (TPSA) is 14.2 Å². The van der Waals surface area contributed by atoms with Crippen LogP contribution in [0.5, 0.6) is 0 Å². The van der Waals surface area contributed by atoms with Crippen molar-refractivity contribution in [1.82, 2.24) is 4.57 Å². The van der Waals surface area contributed by atoms with Gasteiger partial charge in [-0.1, -0.05) is 58.4 Å². The normalized spacial score (nSPS) is 13.3. The Balaban J connectivity index is 2.33. The molecule has 0 saturated carbocycles. The molecule has 0 spiro atoms. The Morgan fingerprint density at radius 2 is 1.81 bits per heavy atom. The highest BCUT2D eigenvalue weighted by atomic mass is 79.9. The first kappa shape index (κ1) is 19.0. The van der Waals surface area contributed by atoms with Gasteiger partial charge < -0.3 is 9.30 Å². The lowest BCUT2D eigenvalue weighted by atomic mass is 10.0. The van der Waals surface area contributed by atoms with Crippen molar-refractivity contribution in [3.8, 4) is 11.3 Å². The Morgan fingerprint density at radius 3 is 2.42 bits per heavy atom. The molecule has 1 atom stereocenters. The number of hydrogen-bond acceptors (Lipinski definition) is 1. The van der Waals surface area contributed by atoms with Crippen molar-refractivity contribution in [3.63, 3.8) is 0 Å². The summed E-state index contributed by atoms with van der Waals surface area (Å²) in [4.78, 5) is -0.846. The highest BCUT2D eigenvalue weighted by molar-refractivity contribution is 9.09. The molecule has 0 fully saturated rings. The van der Waals surface area contributed by atoms with Gasteiger partial charge in [0.2, 0.25) is 0 Å². The molecule has 1 heterocycles. The Morgan fingerprint density at radius 1 is 1.12 bits per heavy atom. The predicted octanol–water partition coefficient (Wildman–Crippen LogP) is 6.61. The summed E-state index contributed by atoms with van der Waals surface area (Å²) in [5.41, 5.74) is 4.16. The molecule has 0 aliphatic rings. The first-order valence-corrected chi connectivity index (χ1v) is 9.11. The van der Waals surface area contributed by atoms with E-state index in [1.54, 1.807) is 7.11 Å². The van der Waals surface area contributed by atoms with Gasteiger partial charge in [-0.2, -0.15) is 13.2 Å². The number of fused-ring (bicyclic) bond motifs is 1. The quantitative estimate of drug-likeness (QED) is 0.419. The maximum absolute atomic E-state index is 13.1. The molecule has 6 heteroatoms. The third kappa shape index (κ3) is 3.81. The van der Waals surface area contributed by atoms with Crippen molar-refractivity contribution in [2.24, 2.45) is 0 Å². The van der Waals surface area contributed by atoms with E-state index < -0.39 is 17.4 Å². The smallest absolute Gasteiger partial charge is 0.364 e. The summed E-state index contributed by atoms with van der Waals surface area (Å²) in [6.45, 7) is 2.22. The van der Waals surface area contributed by atoms with Crippen LogP contribution in [0.25, 0.3) is 22.2 Å². The zero-order valence-electron chi connectivity index (χ0n) is 14.5. The summed E-state index contributed by atoms with van der Waals surface area (Å²) in [6, 6.07) is 15.3. The molecular formula is C20H19BrF3NO. The van der Waals surface area contributed by atoms with Gasteiger partial charge in [-0.25, -0.2) is 0 Å². The van der Waals surface area contributed by atoms with Gasteiger partial charge in [0, 0.05) is 12.5 Å². The first-order valence-electron chi connectivity index (χ1n) is 8.19. The zero-order chi connectivity index (χ0) is 18.9. The maximum atomic E-state index is 13.1. The molecule has 1 aromatic heterocycles. The SMILES string of the molecule is COCn1c(-c2ccccc2)c(C(Br)CC(F)(F)F)c2ccc(C)cc21. The van der Waals surface area contributed by atoms with Gasteiger partial charge in [-0.15, -0.1) is 0 Å². The van der Waals surface area contributed by atoms with Crippen molar-refractivity contribution in [3.05, 3.63) is 59.7 Å². The number of nitrogens with zero attached hydrogens (tertiary/aromatic N) is 1. The fraction of sp³-hybridized carbons (Fsp3) is 0.300. The Bertz CT molecular complexity index is 903. The van der Waals surface area contributed by atoms with Crippen molar-refractivity contribution >= 4 is 26.8 Å². The van der Waals surface area contributed by atoms with Crippen LogP contribution in [-0.4, -0.2) is 17.9 Å². The van der Waals surface area contributed by atoms with Crippen molar-refractivity contribution in [2.45, 2.75) is 31.1 Å². The lowest BCUT2D eigenvalue weighted by Gasteiger charge is -2.16. The number of hydrogen-bond donors (Lipinski definition) is 0. The van der Waals surface area contributed by atoms with Gasteiger partial charge in [-0.05, 0) is 29.7 Å². The lowest BCUT2D eigenvalue weighted by molar-refractivity contribution is -0.134. The van der Waals surface area contributed by atoms with E-state index in [1.165, 1.54) is 0 Å². The summed E-state index contributed by atoms with van der Waals surface area (Å²) in [5, 5.41) is 0.803. The van der Waals surface area contributed by atoms with Gasteiger partial charge in [0.1, 0.15) is 6.73 Å². The summed E-state index contributed by atoms with van der Waals surface area (Å²) in [7, 11) is 1.58. The number of ether oxygens (including phenoxy) is 1. The maximum Gasteiger partial charge on any atom is 0.390 e. The van der Waals surface area contributed by atoms with E-state index in [-0.39, 0.29) is 6.73 Å². The Hall–Kier alpha value is -1.79. The number of benzene rings is 2. The summed E-state index contributed by atoms with van der Waals surface area (Å²) in [6.07, 6.45) is -5.20. The standard InChI is InChI=1S/C20H19BrF3NO/c1-13-8-9-15-17(10-13)25(12-26-2)19(14-6-4-3-5-7-14)18(15)16(21)11-20(22,23)24/h3-10,16H,11-12H2,1-2H3. The highest BCUT2D eigenvalue weighted by Gasteiger charge is 2.34. The molecule has 3 aromatic rings. The monoisotopic (exact) mass is 425 g/mol. The third-order valence-corrected chi connectivity index (χ3v) is 5.07. The largest absolute Gasteiger partial charge is 0.390 e. The second kappa shape index (κ2) is 7.45. The predicted molar refractivity (Wildman–Crippen MR) is 101 cm³/mol. The molecule has 2 aromatic carbocycles. The van der Waals surface area contributed by atoms with E-state index >= 15 is 0 Å². The van der Waals surface area contributed by atoms with E-state index in [4.69, 9.17) is 4.74 Å². The van der Waals surface area contributed by atoms with Gasteiger partial charge in [0.25, 0.3) is 0 Å². The number of aromatic nitrogens is 1. The average molecular weight is 426 g/mol. The van der Waals surface area contributed by atoms with Crippen molar-refractivity contribution in [1.29, 1.82) is 0 Å². The van der Waals surface area contributed by atoms with Crippen molar-refractivity contribution in [2.75, 3.05) is 7.11 Å². The zero-order valence-corrected chi connectivity index (χ0v) is 16.1. The second-order valence-electron chi connectivity index (χ2n) is 6.28. The van der Waals surface area contributed by atoms with Gasteiger partial charge in [0.05, 0.1) is 22.5 Å². The molecule has 0 radical (unpaired) electrons. The van der Waals surface area contributed by atoms with Gasteiger partial charge >= 0.3 is 6.18 Å². The number of methoxy groups -OCH3 is 1. The van der Waals surface area contributed by atoms with E-state index in [9.17, 15) is 13.2 Å². The van der Waals surface area contributed by atoms with E-state index in [0.717, 1.165) is 27.7 Å². The molecular weight excluding hydrogens is 407 g/mol. The van der Waals surface area contributed by atoms with Crippen LogP contribution in [-0.2, 0) is 11.5 Å². The molecule has 1 unspecified atom stereocenters. The van der Waals surface area contributed by atoms with Crippen LogP contribution in [0.1, 0.15) is 22.4 Å². The minimum atomic E-state index is -4.26. The molecule has 0 aliphatic carbocycles. The van der Waals surface area contributed by atoms with E-state index in [2.05, 4.69) is 15.9 Å². The van der Waals surface area contributed by atoms with Crippen LogP contribution >= 0.6 is 15.9 Å². The third-order valence-electron chi connectivity index (χ3n) is 4.29. The fourth-order valence-corrected chi connectivity index (χ4v) is 4.11. The molecule has 0 saturated heterocycles. The molecule has 0 N–H and O–H groups in total. The van der Waals surface area contributed by atoms with Gasteiger partial charge in [-0.3, -0.25) is 0 Å². The number of halogens is 4. The van der Waals surface area contributed by atoms with E-state index in [0.29, 0.717) is 5.56 Å². The average Bonchev–Trinajstić information content (AvgIpc) is 2.88. The number of rotatable bonds is 5. The molecule has 3 rings (SSSR count). The second-order valence-corrected chi connectivity index (χ2v) is 7.39. The Kier molecular flexibility index (Phi) is 5.44. The minimum absolute atomic E-state index is 0.260. The molecule has 0 bridgehead atoms. The summed E-state index contributed by atoms with van der Waals surface area (Å²) in [5.74, 6) is 0. The van der Waals surface area contributed by atoms with Crippen LogP contribution in [0.3, 0.4) is 0 Å². The molecule has 0 aliphatic heterocycles. The molecule has 2 nitrogen and oxygen atoms in total. The molecule has 138 valence electrons. The summed E-state index contributed by atoms with van der Waals surface area (Å²) >= 11 is 3.30. The highest BCUT2D eigenvalue weighted by Crippen LogP contribution is 2.45.